The van der Waals surface area contributed by atoms with Gasteiger partial charge in [-0.15, -0.1) is 5.10 Å². The van der Waals surface area contributed by atoms with Crippen molar-refractivity contribution in [2.75, 3.05) is 44.7 Å². The zero-order chi connectivity index (χ0) is 44.4. The summed E-state index contributed by atoms with van der Waals surface area (Å²) in [6.45, 7) is 5.39. The number of nitrogens with one attached hydrogen (secondary N) is 1. The Morgan fingerprint density at radius 1 is 1.08 bits per heavy atom. The molecule has 0 bridgehead atoms. The maximum atomic E-state index is 16.9. The van der Waals surface area contributed by atoms with Crippen molar-refractivity contribution in [2.45, 2.75) is 69.7 Å². The van der Waals surface area contributed by atoms with Crippen molar-refractivity contribution in [3.8, 4) is 29.0 Å². The van der Waals surface area contributed by atoms with Gasteiger partial charge in [-0.1, -0.05) is 23.4 Å². The molecule has 63 heavy (non-hydrogen) atoms. The minimum atomic E-state index is -4.67. The number of aromatic nitrogens is 6. The minimum absolute atomic E-state index is 0.0868. The number of fused-ring (bicyclic) bond motifs is 3. The molecule has 15 nitrogen and oxygen atoms in total. The van der Waals surface area contributed by atoms with E-state index in [1.54, 1.807) is 19.1 Å². The summed E-state index contributed by atoms with van der Waals surface area (Å²) in [5.74, 6) is 5.02. The highest BCUT2D eigenvalue weighted by molar-refractivity contribution is 6.33. The van der Waals surface area contributed by atoms with Gasteiger partial charge in [-0.25, -0.2) is 14.4 Å². The molecule has 2 amide bonds. The number of nitrogens with zero attached hydrogens (tertiary/aromatic N) is 8. The number of hydrogen-bond acceptors (Lipinski definition) is 11. The summed E-state index contributed by atoms with van der Waals surface area (Å²) in [7, 11) is 0. The number of ether oxygens (including phenoxy) is 2. The Morgan fingerprint density at radius 3 is 2.49 bits per heavy atom. The second-order valence-electron chi connectivity index (χ2n) is 16.2. The van der Waals surface area contributed by atoms with Crippen LogP contribution in [0.15, 0.2) is 53.6 Å². The molecule has 2 aromatic carbocycles. The summed E-state index contributed by atoms with van der Waals surface area (Å²) >= 11 is 6.17. The second kappa shape index (κ2) is 16.3. The smallest absolute Gasteiger partial charge is 0.416 e. The first-order valence-corrected chi connectivity index (χ1v) is 20.7. The molecular weight excluding hydrogens is 850 g/mol. The van der Waals surface area contributed by atoms with E-state index in [-0.39, 0.29) is 63.8 Å². The predicted molar refractivity (Wildman–Crippen MR) is 219 cm³/mol. The molecule has 3 saturated heterocycles. The van der Waals surface area contributed by atoms with Gasteiger partial charge in [-0.2, -0.15) is 22.7 Å². The van der Waals surface area contributed by atoms with Crippen LogP contribution in [0.25, 0.3) is 17.2 Å². The number of halogens is 5. The van der Waals surface area contributed by atoms with Crippen LogP contribution in [0.5, 0.6) is 5.75 Å². The molecule has 328 valence electrons. The first-order valence-electron chi connectivity index (χ1n) is 20.4. The fourth-order valence-corrected chi connectivity index (χ4v) is 8.95. The van der Waals surface area contributed by atoms with Crippen molar-refractivity contribution in [1.29, 1.82) is 0 Å². The van der Waals surface area contributed by atoms with Gasteiger partial charge < -0.3 is 29.4 Å². The maximum Gasteiger partial charge on any atom is 0.416 e. The van der Waals surface area contributed by atoms with Crippen LogP contribution in [0.1, 0.15) is 70.9 Å². The molecule has 5 aromatic rings. The van der Waals surface area contributed by atoms with Crippen molar-refractivity contribution >= 4 is 34.9 Å². The first-order chi connectivity index (χ1) is 30.1. The van der Waals surface area contributed by atoms with Crippen molar-refractivity contribution in [2.24, 2.45) is 5.92 Å². The van der Waals surface area contributed by atoms with Crippen LogP contribution in [-0.2, 0) is 32.6 Å². The van der Waals surface area contributed by atoms with E-state index in [9.17, 15) is 32.7 Å². The molecular formula is C43H40ClF4N9O6. The topological polar surface area (TPSA) is 169 Å². The Balaban J connectivity index is 1.04. The number of aromatic hydroxyl groups is 1. The second-order valence-corrected chi connectivity index (χ2v) is 16.6. The SMILES string of the molecule is Cc1ncnc(C(=O)N2CC[C@]3(O[C@H](C)c4c3c(=O)n3nc(-c5ccc(C#CC6CCN(C7COC7)CC6)cc5)nc3n4CC(=O)Nc3ccc(C(F)(F)F)cc3Cl)[C@@H](F)C2)c1O. The lowest BCUT2D eigenvalue weighted by molar-refractivity contribution is -0.143. The number of hydrogen-bond donors (Lipinski definition) is 2. The van der Waals surface area contributed by atoms with E-state index in [0.29, 0.717) is 17.7 Å². The van der Waals surface area contributed by atoms with Gasteiger partial charge in [0, 0.05) is 30.0 Å². The highest BCUT2D eigenvalue weighted by atomic mass is 35.5. The van der Waals surface area contributed by atoms with E-state index in [0.717, 1.165) is 72.6 Å². The van der Waals surface area contributed by atoms with Crippen LogP contribution in [0, 0.1) is 24.7 Å². The number of carbonyl (C=O) groups excluding carboxylic acids is 2. The van der Waals surface area contributed by atoms with E-state index in [1.165, 1.54) is 11.5 Å². The van der Waals surface area contributed by atoms with Gasteiger partial charge in [-0.3, -0.25) is 19.3 Å². The van der Waals surface area contributed by atoms with E-state index < -0.39 is 65.8 Å². The number of rotatable bonds is 6. The number of alkyl halides is 4. The van der Waals surface area contributed by atoms with Crippen molar-refractivity contribution in [1.82, 2.24) is 38.9 Å². The third-order valence-corrected chi connectivity index (χ3v) is 12.5. The van der Waals surface area contributed by atoms with Gasteiger partial charge in [0.1, 0.15) is 18.5 Å². The number of carbonyl (C=O) groups is 2. The first kappa shape index (κ1) is 42.4. The summed E-state index contributed by atoms with van der Waals surface area (Å²) < 4.78 is 71.0. The Hall–Kier alpha value is -5.94. The molecule has 3 atom stereocenters. The number of piperidine rings is 2. The largest absolute Gasteiger partial charge is 0.504 e. The standard InChI is InChI=1S/C43H40ClF4N9O6/c1-23-37(59)35(50-22-49-23)40(61)55-16-13-42(32(45)18-55)34-36(24(2)63-42)56(19-33(58)51-31-10-9-28(17-30(31)44)43(46,47)48)41-52-38(53-57(41)39(34)60)27-7-5-25(6-8-27)3-4-26-11-14-54(15-12-26)29-20-62-21-29/h5-10,17,22,24,26,29,32,59H,11-16,18-21H2,1-2H3,(H,51,58)/t24-,32+,42+/m1/s1. The Kier molecular flexibility index (Phi) is 11.0. The van der Waals surface area contributed by atoms with Gasteiger partial charge in [0.2, 0.25) is 11.7 Å². The summed E-state index contributed by atoms with van der Waals surface area (Å²) in [5, 5.41) is 17.2. The maximum absolute atomic E-state index is 16.9. The van der Waals surface area contributed by atoms with Crippen LogP contribution >= 0.6 is 11.6 Å². The molecule has 1 spiro atoms. The molecule has 2 N–H and O–H groups in total. The van der Waals surface area contributed by atoms with Crippen LogP contribution in [-0.4, -0.2) is 107 Å². The van der Waals surface area contributed by atoms with Gasteiger partial charge in [0.05, 0.1) is 65.1 Å². The molecule has 0 saturated carbocycles. The van der Waals surface area contributed by atoms with Gasteiger partial charge in [0.25, 0.3) is 11.5 Å². The Bertz CT molecular complexity index is 2760. The van der Waals surface area contributed by atoms with Gasteiger partial charge in [0.15, 0.2) is 23.4 Å². The van der Waals surface area contributed by atoms with E-state index >= 15 is 4.39 Å². The molecule has 3 aromatic heterocycles. The number of amides is 2. The third kappa shape index (κ3) is 7.79. The van der Waals surface area contributed by atoms with Crippen molar-refractivity contribution in [3.63, 3.8) is 0 Å². The number of likely N-dealkylation sites (tertiary alicyclic amines) is 2. The molecule has 20 heteroatoms. The highest BCUT2D eigenvalue weighted by Crippen LogP contribution is 2.49. The summed E-state index contributed by atoms with van der Waals surface area (Å²) in [6.07, 6.45) is -4.79. The zero-order valence-corrected chi connectivity index (χ0v) is 34.7. The predicted octanol–water partition coefficient (Wildman–Crippen LogP) is 5.31. The molecule has 0 unspecified atom stereocenters. The Morgan fingerprint density at radius 2 is 1.83 bits per heavy atom. The van der Waals surface area contributed by atoms with E-state index in [4.69, 9.17) is 21.1 Å². The number of anilines is 1. The number of aryl methyl sites for hydroxylation is 1. The quantitative estimate of drug-likeness (QED) is 0.168. The van der Waals surface area contributed by atoms with Gasteiger partial charge in [-0.05, 0) is 82.2 Å². The van der Waals surface area contributed by atoms with E-state index in [1.807, 2.05) is 12.1 Å². The normalized spacial score (nSPS) is 21.9. The molecule has 4 aliphatic rings. The monoisotopic (exact) mass is 889 g/mol. The fraction of sp³-hybridized carbons (Fsp3) is 0.419. The molecule has 9 rings (SSSR count). The lowest BCUT2D eigenvalue weighted by Crippen LogP contribution is -2.55. The van der Waals surface area contributed by atoms with Crippen LogP contribution < -0.4 is 10.9 Å². The highest BCUT2D eigenvalue weighted by Gasteiger charge is 2.56. The van der Waals surface area contributed by atoms with Crippen molar-refractivity contribution < 1.29 is 41.7 Å². The molecule has 4 aliphatic heterocycles. The summed E-state index contributed by atoms with van der Waals surface area (Å²) in [4.78, 5) is 58.0. The summed E-state index contributed by atoms with van der Waals surface area (Å²) in [5.41, 5.74) is -2.62. The summed E-state index contributed by atoms with van der Waals surface area (Å²) in [6, 6.07) is 10.1. The zero-order valence-electron chi connectivity index (χ0n) is 34.0. The molecule has 0 radical (unpaired) electrons. The average Bonchev–Trinajstić information content (AvgIpc) is 3.81. The lowest BCUT2D eigenvalue weighted by atomic mass is 9.83. The molecule has 7 heterocycles. The Labute approximate surface area is 362 Å². The van der Waals surface area contributed by atoms with Gasteiger partial charge >= 0.3 is 6.18 Å². The van der Waals surface area contributed by atoms with Crippen molar-refractivity contribution in [3.05, 3.63) is 97.9 Å². The van der Waals surface area contributed by atoms with Crippen LogP contribution in [0.4, 0.5) is 23.2 Å². The lowest BCUT2D eigenvalue weighted by Gasteiger charge is -2.41. The van der Waals surface area contributed by atoms with Crippen LogP contribution in [0.3, 0.4) is 0 Å². The minimum Gasteiger partial charge on any atom is -0.504 e. The van der Waals surface area contributed by atoms with E-state index in [2.05, 4.69) is 42.1 Å². The fourth-order valence-electron chi connectivity index (χ4n) is 8.72. The van der Waals surface area contributed by atoms with Crippen LogP contribution in [0.2, 0.25) is 5.02 Å². The number of benzene rings is 2. The molecule has 0 aliphatic carbocycles. The average molecular weight is 890 g/mol. The molecule has 3 fully saturated rings. The third-order valence-electron chi connectivity index (χ3n) is 12.2.